The molecule has 6 nitrogen and oxygen atoms in total. The molecule has 0 aliphatic carbocycles. The van der Waals surface area contributed by atoms with Gasteiger partial charge >= 0.3 is 0 Å². The van der Waals surface area contributed by atoms with Gasteiger partial charge in [0.25, 0.3) is 0 Å². The highest BCUT2D eigenvalue weighted by Gasteiger charge is 2.45. The van der Waals surface area contributed by atoms with Gasteiger partial charge in [0, 0.05) is 18.8 Å². The molecule has 2 heterocycles. The zero-order valence-corrected chi connectivity index (χ0v) is 14.8. The van der Waals surface area contributed by atoms with Crippen LogP contribution in [0.1, 0.15) is 25.1 Å². The van der Waals surface area contributed by atoms with Crippen LogP contribution in [0.4, 0.5) is 5.69 Å². The van der Waals surface area contributed by atoms with Crippen molar-refractivity contribution in [1.82, 2.24) is 15.3 Å². The second-order valence-electron chi connectivity index (χ2n) is 6.55. The predicted octanol–water partition coefficient (Wildman–Crippen LogP) is 2.79. The molecule has 1 aliphatic rings. The summed E-state index contributed by atoms with van der Waals surface area (Å²) in [6, 6.07) is 5.80. The Kier molecular flexibility index (Phi) is 4.12. The average molecular weight is 335 g/mol. The first kappa shape index (κ1) is 16.8. The summed E-state index contributed by atoms with van der Waals surface area (Å²) in [5.41, 5.74) is 3.41. The number of nitrogens with zero attached hydrogens (tertiary/aromatic N) is 3. The molecule has 6 heteroatoms. The Bertz CT molecular complexity index is 868. The maximum absolute atomic E-state index is 12.9. The third-order valence-corrected chi connectivity index (χ3v) is 4.38. The summed E-state index contributed by atoms with van der Waals surface area (Å²) >= 11 is 0. The molecular weight excluding hydrogens is 314 g/mol. The normalized spacial score (nSPS) is 15.5. The Hall–Kier alpha value is -3.02. The molecule has 0 saturated carbocycles. The number of anilines is 1. The maximum atomic E-state index is 12.9. The topological polar surface area (TPSA) is 82.0 Å². The van der Waals surface area contributed by atoms with Gasteiger partial charge in [-0.25, -0.2) is 0 Å². The van der Waals surface area contributed by atoms with Crippen molar-refractivity contribution in [3.63, 3.8) is 0 Å². The Balaban J connectivity index is 2.11. The fourth-order valence-electron chi connectivity index (χ4n) is 2.93. The van der Waals surface area contributed by atoms with Crippen molar-refractivity contribution in [1.29, 1.82) is 5.41 Å². The molecule has 2 aromatic rings. The van der Waals surface area contributed by atoms with Gasteiger partial charge in [-0.1, -0.05) is 12.1 Å². The third kappa shape index (κ3) is 2.80. The number of carbonyl (C=O) groups excluding carboxylic acids is 1. The molecule has 1 aliphatic heterocycles. The number of hydrogen-bond donors (Lipinski definition) is 2. The largest absolute Gasteiger partial charge is 0.394 e. The molecule has 2 N–H and O–H groups in total. The van der Waals surface area contributed by atoms with Crippen molar-refractivity contribution in [2.45, 2.75) is 26.2 Å². The van der Waals surface area contributed by atoms with Crippen LogP contribution in [0.15, 0.2) is 42.9 Å². The van der Waals surface area contributed by atoms with Gasteiger partial charge < -0.3 is 5.32 Å². The Morgan fingerprint density at radius 2 is 2.04 bits per heavy atom. The van der Waals surface area contributed by atoms with E-state index in [0.717, 1.165) is 28.2 Å². The highest BCUT2D eigenvalue weighted by molar-refractivity contribution is 6.26. The van der Waals surface area contributed by atoms with Gasteiger partial charge in [0.15, 0.2) is 0 Å². The third-order valence-electron chi connectivity index (χ3n) is 4.38. The summed E-state index contributed by atoms with van der Waals surface area (Å²) < 4.78 is 0. The van der Waals surface area contributed by atoms with Crippen molar-refractivity contribution in [2.24, 2.45) is 0 Å². The van der Waals surface area contributed by atoms with E-state index in [0.29, 0.717) is 0 Å². The van der Waals surface area contributed by atoms with Crippen LogP contribution < -0.4 is 10.2 Å². The molecule has 0 saturated heterocycles. The molecule has 128 valence electrons. The van der Waals surface area contributed by atoms with E-state index in [-0.39, 0.29) is 11.7 Å². The summed E-state index contributed by atoms with van der Waals surface area (Å²) in [7, 11) is 1.75. The number of amides is 1. The van der Waals surface area contributed by atoms with E-state index in [1.165, 1.54) is 4.90 Å². The van der Waals surface area contributed by atoms with Gasteiger partial charge in [-0.3, -0.25) is 25.1 Å². The molecule has 0 spiro atoms. The number of amidine groups is 1. The fraction of sp³-hybridized carbons (Fsp3) is 0.263. The molecule has 1 amide bonds. The molecular formula is C19H21N5O. The minimum Gasteiger partial charge on any atom is -0.394 e. The van der Waals surface area contributed by atoms with Crippen LogP contribution in [0.25, 0.3) is 11.3 Å². The molecule has 0 bridgehead atoms. The number of hydrogen-bond acceptors (Lipinski definition) is 5. The quantitative estimate of drug-likeness (QED) is 0.667. The van der Waals surface area contributed by atoms with Crippen LogP contribution in [0.3, 0.4) is 0 Å². The van der Waals surface area contributed by atoms with Gasteiger partial charge in [0.2, 0.25) is 5.91 Å². The van der Waals surface area contributed by atoms with E-state index in [1.54, 1.807) is 31.7 Å². The lowest BCUT2D eigenvalue weighted by molar-refractivity contribution is -0.121. The van der Waals surface area contributed by atoms with Crippen LogP contribution in [-0.2, 0) is 10.2 Å². The Morgan fingerprint density at radius 1 is 1.28 bits per heavy atom. The van der Waals surface area contributed by atoms with Gasteiger partial charge in [-0.05, 0) is 44.7 Å². The van der Waals surface area contributed by atoms with Gasteiger partial charge in [-0.15, -0.1) is 0 Å². The minimum atomic E-state index is -0.674. The standard InChI is InChI=1S/C19H21N5O/c1-12-10-23-15(11-22-12)13-5-6-14-16(9-13)24(17(20)7-8-21-4)18(25)19(14,2)3/h5-11,20-21H,1-4H3/b8-7-,20-17?. The number of nitrogens with one attached hydrogen (secondary N) is 2. The van der Waals surface area contributed by atoms with Crippen molar-refractivity contribution < 1.29 is 4.79 Å². The molecule has 0 fully saturated rings. The van der Waals surface area contributed by atoms with Crippen molar-refractivity contribution in [2.75, 3.05) is 11.9 Å². The smallest absolute Gasteiger partial charge is 0.242 e. The van der Waals surface area contributed by atoms with Crippen LogP contribution in [0, 0.1) is 12.3 Å². The number of aromatic nitrogens is 2. The molecule has 0 atom stereocenters. The number of carbonyl (C=O) groups is 1. The lowest BCUT2D eigenvalue weighted by atomic mass is 9.86. The van der Waals surface area contributed by atoms with Crippen LogP contribution >= 0.6 is 0 Å². The summed E-state index contributed by atoms with van der Waals surface area (Å²) in [5, 5.41) is 11.1. The lowest BCUT2D eigenvalue weighted by Gasteiger charge is -2.19. The summed E-state index contributed by atoms with van der Waals surface area (Å²) in [5.74, 6) is 0.0127. The zero-order valence-electron chi connectivity index (χ0n) is 14.8. The van der Waals surface area contributed by atoms with E-state index in [1.807, 2.05) is 39.0 Å². The van der Waals surface area contributed by atoms with E-state index < -0.39 is 5.41 Å². The number of aryl methyl sites for hydroxylation is 1. The Labute approximate surface area is 147 Å². The van der Waals surface area contributed by atoms with Crippen LogP contribution in [0.5, 0.6) is 0 Å². The van der Waals surface area contributed by atoms with Crippen molar-refractivity contribution >= 4 is 17.4 Å². The molecule has 1 aromatic carbocycles. The van der Waals surface area contributed by atoms with Crippen LogP contribution in [-0.4, -0.2) is 28.8 Å². The molecule has 3 rings (SSSR count). The average Bonchev–Trinajstić information content (AvgIpc) is 2.79. The van der Waals surface area contributed by atoms with E-state index >= 15 is 0 Å². The fourth-order valence-corrected chi connectivity index (χ4v) is 2.93. The molecule has 1 aromatic heterocycles. The highest BCUT2D eigenvalue weighted by atomic mass is 16.2. The van der Waals surface area contributed by atoms with Crippen molar-refractivity contribution in [3.05, 3.63) is 54.1 Å². The van der Waals surface area contributed by atoms with Gasteiger partial charge in [0.05, 0.1) is 28.7 Å². The maximum Gasteiger partial charge on any atom is 0.242 e. The second-order valence-corrected chi connectivity index (χ2v) is 6.55. The zero-order chi connectivity index (χ0) is 18.2. The van der Waals surface area contributed by atoms with E-state index in [9.17, 15) is 4.79 Å². The predicted molar refractivity (Wildman–Crippen MR) is 98.6 cm³/mol. The molecule has 0 radical (unpaired) electrons. The first-order valence-corrected chi connectivity index (χ1v) is 8.06. The van der Waals surface area contributed by atoms with Crippen molar-refractivity contribution in [3.8, 4) is 11.3 Å². The van der Waals surface area contributed by atoms with E-state index in [4.69, 9.17) is 5.41 Å². The Morgan fingerprint density at radius 3 is 2.68 bits per heavy atom. The SMILES string of the molecule is CN/C=C\C(=N)N1C(=O)C(C)(C)c2ccc(-c3cnc(C)cn3)cc21. The summed E-state index contributed by atoms with van der Waals surface area (Å²) in [4.78, 5) is 23.0. The number of rotatable bonds is 3. The van der Waals surface area contributed by atoms with E-state index in [2.05, 4.69) is 15.3 Å². The number of benzene rings is 1. The molecule has 0 unspecified atom stereocenters. The second kappa shape index (κ2) is 6.12. The number of fused-ring (bicyclic) bond motifs is 1. The first-order chi connectivity index (χ1) is 11.9. The lowest BCUT2D eigenvalue weighted by Crippen LogP contribution is -2.39. The highest BCUT2D eigenvalue weighted by Crippen LogP contribution is 2.43. The van der Waals surface area contributed by atoms with Crippen LogP contribution in [0.2, 0.25) is 0 Å². The van der Waals surface area contributed by atoms with Gasteiger partial charge in [0.1, 0.15) is 5.84 Å². The van der Waals surface area contributed by atoms with Gasteiger partial charge in [-0.2, -0.15) is 0 Å². The summed E-state index contributed by atoms with van der Waals surface area (Å²) in [6.45, 7) is 5.65. The monoisotopic (exact) mass is 335 g/mol. The minimum absolute atomic E-state index is 0.111. The summed E-state index contributed by atoms with van der Waals surface area (Å²) in [6.07, 6.45) is 6.64. The molecule has 25 heavy (non-hydrogen) atoms. The first-order valence-electron chi connectivity index (χ1n) is 8.06.